The van der Waals surface area contributed by atoms with E-state index in [-0.39, 0.29) is 12.6 Å². The van der Waals surface area contributed by atoms with Crippen LogP contribution in [0.15, 0.2) is 42.8 Å². The number of nitro groups is 1. The van der Waals surface area contributed by atoms with E-state index in [4.69, 9.17) is 4.74 Å². The Hall–Kier alpha value is -2.37. The first kappa shape index (κ1) is 13.7. The summed E-state index contributed by atoms with van der Waals surface area (Å²) in [6, 6.07) is 0. The predicted molar refractivity (Wildman–Crippen MR) is 67.7 cm³/mol. The molecule has 18 heavy (non-hydrogen) atoms. The molecule has 0 atom stereocenters. The highest BCUT2D eigenvalue weighted by Gasteiger charge is 2.17. The molecule has 0 aliphatic heterocycles. The Balaban J connectivity index is 2.72. The molecule has 0 fully saturated rings. The second-order valence-electron chi connectivity index (χ2n) is 3.44. The van der Waals surface area contributed by atoms with E-state index in [1.807, 2.05) is 6.92 Å². The fourth-order valence-electron chi connectivity index (χ4n) is 1.29. The zero-order valence-corrected chi connectivity index (χ0v) is 10.4. The van der Waals surface area contributed by atoms with Crippen LogP contribution in [-0.2, 0) is 18.4 Å². The van der Waals surface area contributed by atoms with Gasteiger partial charge in [0, 0.05) is 0 Å². The van der Waals surface area contributed by atoms with Crippen molar-refractivity contribution in [1.29, 1.82) is 0 Å². The van der Waals surface area contributed by atoms with Gasteiger partial charge in [0.05, 0.1) is 7.05 Å². The molecule has 1 heterocycles. The highest BCUT2D eigenvalue weighted by Crippen LogP contribution is 2.13. The van der Waals surface area contributed by atoms with Gasteiger partial charge in [-0.1, -0.05) is 23.7 Å². The van der Waals surface area contributed by atoms with Crippen LogP contribution in [0.1, 0.15) is 12.6 Å². The number of hydrogen-bond donors (Lipinski definition) is 0. The zero-order valence-electron chi connectivity index (χ0n) is 10.4. The summed E-state index contributed by atoms with van der Waals surface area (Å²) >= 11 is 0. The smallest absolute Gasteiger partial charge is 0.434 e. The molecule has 0 unspecified atom stereocenters. The average Bonchev–Trinajstić information content (AvgIpc) is 2.71. The van der Waals surface area contributed by atoms with Gasteiger partial charge >= 0.3 is 5.95 Å². The first-order chi connectivity index (χ1) is 8.60. The van der Waals surface area contributed by atoms with E-state index in [0.29, 0.717) is 11.5 Å². The maximum Gasteiger partial charge on any atom is 0.434 e. The van der Waals surface area contributed by atoms with Crippen molar-refractivity contribution in [2.24, 2.45) is 7.05 Å². The van der Waals surface area contributed by atoms with Gasteiger partial charge in [0.1, 0.15) is 18.6 Å². The molecule has 0 radical (unpaired) electrons. The van der Waals surface area contributed by atoms with Crippen LogP contribution in [0, 0.1) is 10.1 Å². The summed E-state index contributed by atoms with van der Waals surface area (Å²) in [5.41, 5.74) is 0.632. The van der Waals surface area contributed by atoms with E-state index in [9.17, 15) is 10.1 Å². The van der Waals surface area contributed by atoms with Crippen LogP contribution in [-0.4, -0.2) is 14.5 Å². The summed E-state index contributed by atoms with van der Waals surface area (Å²) in [5, 5.41) is 10.6. The Kier molecular flexibility index (Phi) is 4.86. The van der Waals surface area contributed by atoms with Crippen LogP contribution in [0.5, 0.6) is 0 Å². The van der Waals surface area contributed by atoms with Gasteiger partial charge in [-0.15, -0.1) is 0 Å². The maximum atomic E-state index is 10.6. The van der Waals surface area contributed by atoms with Gasteiger partial charge in [-0.25, -0.2) is 4.57 Å². The van der Waals surface area contributed by atoms with Gasteiger partial charge in [0.2, 0.25) is 0 Å². The molecule has 96 valence electrons. The molecule has 1 aromatic heterocycles. The summed E-state index contributed by atoms with van der Waals surface area (Å²) in [7, 11) is 1.58. The highest BCUT2D eigenvalue weighted by molar-refractivity contribution is 5.17. The number of aromatic nitrogens is 2. The van der Waals surface area contributed by atoms with Crippen LogP contribution in [0.2, 0.25) is 0 Å². The Morgan fingerprint density at radius 2 is 2.44 bits per heavy atom. The van der Waals surface area contributed by atoms with E-state index < -0.39 is 4.92 Å². The fourth-order valence-corrected chi connectivity index (χ4v) is 1.29. The lowest BCUT2D eigenvalue weighted by Crippen LogP contribution is -2.03. The summed E-state index contributed by atoms with van der Waals surface area (Å²) < 4.78 is 6.89. The van der Waals surface area contributed by atoms with Crippen LogP contribution in [0.25, 0.3) is 0 Å². The average molecular weight is 249 g/mol. The number of ether oxygens (including phenoxy) is 1. The second kappa shape index (κ2) is 6.39. The summed E-state index contributed by atoms with van der Waals surface area (Å²) in [6.07, 6.45) is 8.38. The van der Waals surface area contributed by atoms with Crippen molar-refractivity contribution >= 4 is 5.95 Å². The monoisotopic (exact) mass is 249 g/mol. The standard InChI is InChI=1S/C12H15N3O3/c1-4-6-7-11(5-2)18-9-10-8-13-12(14(10)3)15(16)17/h4-8H,1,9H2,2-3H3/b7-6-,11-5+. The molecule has 0 aliphatic rings. The summed E-state index contributed by atoms with van der Waals surface area (Å²) in [5.74, 6) is 0.469. The molecule has 1 rings (SSSR count). The van der Waals surface area contributed by atoms with E-state index in [2.05, 4.69) is 11.6 Å². The van der Waals surface area contributed by atoms with E-state index in [1.54, 1.807) is 31.4 Å². The Morgan fingerprint density at radius 3 is 2.94 bits per heavy atom. The molecule has 0 aromatic carbocycles. The molecule has 0 spiro atoms. The topological polar surface area (TPSA) is 70.2 Å². The van der Waals surface area contributed by atoms with E-state index >= 15 is 0 Å². The van der Waals surface area contributed by atoms with Gasteiger partial charge in [0.15, 0.2) is 5.69 Å². The number of hydrogen-bond acceptors (Lipinski definition) is 4. The lowest BCUT2D eigenvalue weighted by atomic mass is 10.4. The van der Waals surface area contributed by atoms with Crippen molar-refractivity contribution < 1.29 is 9.66 Å². The molecule has 0 bridgehead atoms. The third kappa shape index (κ3) is 3.31. The van der Waals surface area contributed by atoms with Crippen LogP contribution in [0.4, 0.5) is 5.95 Å². The number of allylic oxidation sites excluding steroid dienone is 4. The maximum absolute atomic E-state index is 10.6. The molecule has 0 amide bonds. The third-order valence-corrected chi connectivity index (χ3v) is 2.29. The molecule has 0 aliphatic carbocycles. The molecule has 0 N–H and O–H groups in total. The summed E-state index contributed by atoms with van der Waals surface area (Å²) in [6.45, 7) is 5.63. The van der Waals surface area contributed by atoms with Crippen LogP contribution < -0.4 is 0 Å². The lowest BCUT2D eigenvalue weighted by Gasteiger charge is -2.05. The van der Waals surface area contributed by atoms with Crippen molar-refractivity contribution in [3.05, 3.63) is 58.6 Å². The lowest BCUT2D eigenvalue weighted by molar-refractivity contribution is -0.396. The summed E-state index contributed by atoms with van der Waals surface area (Å²) in [4.78, 5) is 13.8. The van der Waals surface area contributed by atoms with Crippen LogP contribution >= 0.6 is 0 Å². The number of imidazole rings is 1. The van der Waals surface area contributed by atoms with Crippen molar-refractivity contribution in [1.82, 2.24) is 9.55 Å². The molecular weight excluding hydrogens is 234 g/mol. The molecule has 6 nitrogen and oxygen atoms in total. The van der Waals surface area contributed by atoms with Crippen molar-refractivity contribution in [2.45, 2.75) is 13.5 Å². The minimum Gasteiger partial charge on any atom is -0.486 e. The third-order valence-electron chi connectivity index (χ3n) is 2.29. The largest absolute Gasteiger partial charge is 0.486 e. The quantitative estimate of drug-likeness (QED) is 0.336. The zero-order chi connectivity index (χ0) is 13.5. The Bertz CT molecular complexity index is 501. The van der Waals surface area contributed by atoms with Gasteiger partial charge in [-0.05, 0) is 24.0 Å². The normalized spacial score (nSPS) is 11.8. The van der Waals surface area contributed by atoms with Crippen molar-refractivity contribution in [2.75, 3.05) is 0 Å². The minimum atomic E-state index is -0.530. The van der Waals surface area contributed by atoms with Gasteiger partial charge in [-0.3, -0.25) is 0 Å². The molecule has 6 heteroatoms. The predicted octanol–water partition coefficient (Wildman–Crippen LogP) is 2.49. The van der Waals surface area contributed by atoms with E-state index in [0.717, 1.165) is 0 Å². The molecule has 0 saturated carbocycles. The minimum absolute atomic E-state index is 0.197. The van der Waals surface area contributed by atoms with Crippen LogP contribution in [0.3, 0.4) is 0 Å². The van der Waals surface area contributed by atoms with Gasteiger partial charge < -0.3 is 14.9 Å². The highest BCUT2D eigenvalue weighted by atomic mass is 16.6. The van der Waals surface area contributed by atoms with Crippen molar-refractivity contribution in [3.63, 3.8) is 0 Å². The SMILES string of the molecule is C=C/C=C\C(=C/C)OCc1cnc([N+](=O)[O-])n1C. The first-order valence-corrected chi connectivity index (χ1v) is 5.33. The number of nitrogens with zero attached hydrogens (tertiary/aromatic N) is 3. The molecule has 0 saturated heterocycles. The van der Waals surface area contributed by atoms with Crippen molar-refractivity contribution in [3.8, 4) is 0 Å². The molecular formula is C12H15N3O3. The van der Waals surface area contributed by atoms with Gasteiger partial charge in [-0.2, -0.15) is 0 Å². The first-order valence-electron chi connectivity index (χ1n) is 5.33. The second-order valence-corrected chi connectivity index (χ2v) is 3.44. The Morgan fingerprint density at radius 1 is 1.72 bits per heavy atom. The fraction of sp³-hybridized carbons (Fsp3) is 0.250. The van der Waals surface area contributed by atoms with Gasteiger partial charge in [0.25, 0.3) is 0 Å². The number of rotatable bonds is 6. The molecule has 1 aromatic rings. The van der Waals surface area contributed by atoms with E-state index in [1.165, 1.54) is 10.8 Å². The Labute approximate surface area is 105 Å².